The van der Waals surface area contributed by atoms with Crippen LogP contribution in [0, 0.1) is 23.4 Å². The van der Waals surface area contributed by atoms with E-state index in [9.17, 15) is 13.2 Å². The molecule has 0 aliphatic carbocycles. The van der Waals surface area contributed by atoms with E-state index in [1.807, 2.05) is 12.1 Å². The molecule has 0 N–H and O–H groups in total. The lowest BCUT2D eigenvalue weighted by atomic mass is 9.97. The summed E-state index contributed by atoms with van der Waals surface area (Å²) in [7, 11) is 1.28. The Morgan fingerprint density at radius 2 is 1.61 bits per heavy atom. The minimum absolute atomic E-state index is 0.123. The Bertz CT molecular complexity index is 1080. The lowest BCUT2D eigenvalue weighted by Crippen LogP contribution is -2.14. The normalized spacial score (nSPS) is 16.6. The summed E-state index contributed by atoms with van der Waals surface area (Å²) < 4.78 is 53.4. The minimum atomic E-state index is -1.03. The molecule has 1 aliphatic heterocycles. The Balaban J connectivity index is 1.54. The van der Waals surface area contributed by atoms with E-state index in [0.29, 0.717) is 29.2 Å². The quantitative estimate of drug-likeness (QED) is 0.444. The van der Waals surface area contributed by atoms with Gasteiger partial charge >= 0.3 is 0 Å². The molecular formula is C26H23F3O2. The molecule has 1 unspecified atom stereocenters. The van der Waals surface area contributed by atoms with Crippen LogP contribution in [-0.4, -0.2) is 20.3 Å². The SMILES string of the molecule is COc1ccc(-c2ccc(-c3ccc(/C=C/C4CCCOC4)cc3F)cc2)c(F)c1F. The Hall–Kier alpha value is -3.05. The third-order valence-corrected chi connectivity index (χ3v) is 5.52. The van der Waals surface area contributed by atoms with Gasteiger partial charge in [0.2, 0.25) is 5.82 Å². The molecule has 1 saturated heterocycles. The molecule has 1 fully saturated rings. The van der Waals surface area contributed by atoms with E-state index in [0.717, 1.165) is 25.0 Å². The molecule has 0 radical (unpaired) electrons. The predicted molar refractivity (Wildman–Crippen MR) is 116 cm³/mol. The predicted octanol–water partition coefficient (Wildman–Crippen LogP) is 6.89. The second-order valence-electron chi connectivity index (χ2n) is 7.60. The number of ether oxygens (including phenoxy) is 2. The van der Waals surface area contributed by atoms with Gasteiger partial charge in [0.05, 0.1) is 13.7 Å². The van der Waals surface area contributed by atoms with Crippen LogP contribution in [0.3, 0.4) is 0 Å². The third kappa shape index (κ3) is 4.67. The second-order valence-corrected chi connectivity index (χ2v) is 7.60. The van der Waals surface area contributed by atoms with Gasteiger partial charge in [-0.15, -0.1) is 0 Å². The average Bonchev–Trinajstić information content (AvgIpc) is 2.80. The molecule has 160 valence electrons. The summed E-state index contributed by atoms with van der Waals surface area (Å²) in [6, 6.07) is 14.6. The highest BCUT2D eigenvalue weighted by Crippen LogP contribution is 2.32. The number of benzene rings is 3. The van der Waals surface area contributed by atoms with Crippen molar-refractivity contribution in [2.24, 2.45) is 5.92 Å². The molecule has 3 aromatic rings. The fraction of sp³-hybridized carbons (Fsp3) is 0.231. The summed E-state index contributed by atoms with van der Waals surface area (Å²) in [6.07, 6.45) is 6.13. The van der Waals surface area contributed by atoms with Crippen LogP contribution in [0.2, 0.25) is 0 Å². The molecule has 0 amide bonds. The van der Waals surface area contributed by atoms with E-state index in [1.165, 1.54) is 25.3 Å². The Morgan fingerprint density at radius 1 is 0.903 bits per heavy atom. The first kappa shape index (κ1) is 21.2. The van der Waals surface area contributed by atoms with Gasteiger partial charge in [-0.3, -0.25) is 0 Å². The first-order valence-corrected chi connectivity index (χ1v) is 10.2. The van der Waals surface area contributed by atoms with Crippen molar-refractivity contribution >= 4 is 6.08 Å². The largest absolute Gasteiger partial charge is 0.494 e. The summed E-state index contributed by atoms with van der Waals surface area (Å²) in [5, 5.41) is 0. The molecule has 1 heterocycles. The van der Waals surface area contributed by atoms with Crippen LogP contribution < -0.4 is 4.74 Å². The number of rotatable bonds is 5. The van der Waals surface area contributed by atoms with Crippen molar-refractivity contribution in [3.8, 4) is 28.0 Å². The summed E-state index contributed by atoms with van der Waals surface area (Å²) >= 11 is 0. The van der Waals surface area contributed by atoms with Gasteiger partial charge in [-0.1, -0.05) is 48.6 Å². The van der Waals surface area contributed by atoms with Crippen LogP contribution >= 0.6 is 0 Å². The van der Waals surface area contributed by atoms with E-state index in [1.54, 1.807) is 30.3 Å². The maximum atomic E-state index is 14.7. The van der Waals surface area contributed by atoms with Gasteiger partial charge in [-0.25, -0.2) is 8.78 Å². The van der Waals surface area contributed by atoms with E-state index < -0.39 is 11.6 Å². The smallest absolute Gasteiger partial charge is 0.201 e. The molecular weight excluding hydrogens is 401 g/mol. The molecule has 0 saturated carbocycles. The topological polar surface area (TPSA) is 18.5 Å². The highest BCUT2D eigenvalue weighted by atomic mass is 19.2. The fourth-order valence-corrected chi connectivity index (χ4v) is 3.78. The van der Waals surface area contributed by atoms with E-state index >= 15 is 0 Å². The van der Waals surface area contributed by atoms with Crippen molar-refractivity contribution in [3.05, 3.63) is 83.7 Å². The zero-order valence-electron chi connectivity index (χ0n) is 17.2. The molecule has 1 aliphatic rings. The molecule has 5 heteroatoms. The van der Waals surface area contributed by atoms with Crippen molar-refractivity contribution in [1.82, 2.24) is 0 Å². The van der Waals surface area contributed by atoms with Crippen LogP contribution in [0.15, 0.2) is 60.7 Å². The van der Waals surface area contributed by atoms with Crippen molar-refractivity contribution in [2.45, 2.75) is 12.8 Å². The van der Waals surface area contributed by atoms with Gasteiger partial charge in [0.25, 0.3) is 0 Å². The lowest BCUT2D eigenvalue weighted by Gasteiger charge is -2.18. The first-order valence-electron chi connectivity index (χ1n) is 10.2. The summed E-state index contributed by atoms with van der Waals surface area (Å²) in [5.74, 6) is -2.12. The molecule has 31 heavy (non-hydrogen) atoms. The average molecular weight is 424 g/mol. The van der Waals surface area contributed by atoms with Gasteiger partial charge in [0.1, 0.15) is 5.82 Å². The van der Waals surface area contributed by atoms with Gasteiger partial charge in [-0.05, 0) is 47.7 Å². The standard InChI is InChI=1S/C26H23F3O2/c1-30-24-13-12-22(25(28)26(24)29)20-9-7-19(8-10-20)21-11-6-17(15-23(21)27)4-5-18-3-2-14-31-16-18/h4-13,15,18H,2-3,14,16H2,1H3/b5-4+. The highest BCUT2D eigenvalue weighted by Gasteiger charge is 2.16. The Labute approximate surface area is 179 Å². The van der Waals surface area contributed by atoms with E-state index in [4.69, 9.17) is 9.47 Å². The zero-order chi connectivity index (χ0) is 21.8. The van der Waals surface area contributed by atoms with Crippen molar-refractivity contribution in [2.75, 3.05) is 20.3 Å². The van der Waals surface area contributed by atoms with Crippen LogP contribution in [0.5, 0.6) is 5.75 Å². The highest BCUT2D eigenvalue weighted by molar-refractivity contribution is 5.72. The van der Waals surface area contributed by atoms with Crippen LogP contribution in [-0.2, 0) is 4.74 Å². The molecule has 0 aromatic heterocycles. The van der Waals surface area contributed by atoms with E-state index in [-0.39, 0.29) is 17.1 Å². The minimum Gasteiger partial charge on any atom is -0.494 e. The van der Waals surface area contributed by atoms with Gasteiger partial charge in [-0.2, -0.15) is 4.39 Å². The van der Waals surface area contributed by atoms with Crippen molar-refractivity contribution in [1.29, 1.82) is 0 Å². The number of hydrogen-bond donors (Lipinski definition) is 0. The molecule has 1 atom stereocenters. The van der Waals surface area contributed by atoms with Crippen LogP contribution in [0.4, 0.5) is 13.2 Å². The summed E-state index contributed by atoms with van der Waals surface area (Å²) in [6.45, 7) is 1.52. The zero-order valence-corrected chi connectivity index (χ0v) is 17.2. The summed E-state index contributed by atoms with van der Waals surface area (Å²) in [5.41, 5.74) is 2.52. The van der Waals surface area contributed by atoms with E-state index in [2.05, 4.69) is 6.08 Å². The van der Waals surface area contributed by atoms with Crippen LogP contribution in [0.1, 0.15) is 18.4 Å². The lowest BCUT2D eigenvalue weighted by molar-refractivity contribution is 0.0713. The molecule has 2 nitrogen and oxygen atoms in total. The molecule has 0 spiro atoms. The van der Waals surface area contributed by atoms with Gasteiger partial charge in [0.15, 0.2) is 11.6 Å². The summed E-state index contributed by atoms with van der Waals surface area (Å²) in [4.78, 5) is 0. The molecule has 3 aromatic carbocycles. The number of methoxy groups -OCH3 is 1. The van der Waals surface area contributed by atoms with Crippen LogP contribution in [0.25, 0.3) is 28.3 Å². The second kappa shape index (κ2) is 9.40. The van der Waals surface area contributed by atoms with Gasteiger partial charge in [0, 0.05) is 23.7 Å². The monoisotopic (exact) mass is 424 g/mol. The maximum Gasteiger partial charge on any atom is 0.201 e. The third-order valence-electron chi connectivity index (χ3n) is 5.52. The molecule has 4 rings (SSSR count). The Morgan fingerprint density at radius 3 is 2.26 bits per heavy atom. The maximum absolute atomic E-state index is 14.7. The molecule has 0 bridgehead atoms. The van der Waals surface area contributed by atoms with Crippen molar-refractivity contribution in [3.63, 3.8) is 0 Å². The van der Waals surface area contributed by atoms with Crippen molar-refractivity contribution < 1.29 is 22.6 Å². The Kier molecular flexibility index (Phi) is 6.42. The van der Waals surface area contributed by atoms with Gasteiger partial charge < -0.3 is 9.47 Å². The first-order chi connectivity index (χ1) is 15.1. The number of halogens is 3. The number of hydrogen-bond acceptors (Lipinski definition) is 2. The fourth-order valence-electron chi connectivity index (χ4n) is 3.78.